The molecule has 0 aromatic rings. The van der Waals surface area contributed by atoms with Crippen molar-refractivity contribution in [1.82, 2.24) is 0 Å². The van der Waals surface area contributed by atoms with Crippen LogP contribution in [-0.2, 0) is 42.9 Å². The number of ether oxygens (including phenoxy) is 4. The summed E-state index contributed by atoms with van der Waals surface area (Å²) >= 11 is 7.19. The number of hydrogen-bond donors (Lipinski definition) is 0. The van der Waals surface area contributed by atoms with E-state index in [1.165, 1.54) is 231 Å². The van der Waals surface area contributed by atoms with E-state index in [1.807, 2.05) is 0 Å². The highest BCUT2D eigenvalue weighted by molar-refractivity contribution is 8.16. The van der Waals surface area contributed by atoms with Crippen LogP contribution in [0.3, 0.4) is 0 Å². The van der Waals surface area contributed by atoms with E-state index >= 15 is 0 Å². The third-order valence-corrected chi connectivity index (χ3v) is 23.1. The molecule has 0 spiro atoms. The van der Waals surface area contributed by atoms with Gasteiger partial charge >= 0.3 is 0 Å². The maximum absolute atomic E-state index is 11.7. The zero-order valence-corrected chi connectivity index (χ0v) is 63.3. The Morgan fingerprint density at radius 1 is 0.311 bits per heavy atom. The average Bonchev–Trinajstić information content (AvgIpc) is 1.89. The number of rotatable bonds is 45. The van der Waals surface area contributed by atoms with Crippen molar-refractivity contribution in [3.63, 3.8) is 0 Å². The molecule has 0 aromatic heterocycles. The molecule has 0 bridgehead atoms. The molecule has 0 fully saturated rings. The molecule has 5 atom stereocenters. The minimum absolute atomic E-state index is 0.102. The van der Waals surface area contributed by atoms with Gasteiger partial charge in [-0.2, -0.15) is 0 Å². The summed E-state index contributed by atoms with van der Waals surface area (Å²) < 4.78 is 22.6. The molecular weight excluding hydrogens is 1220 g/mol. The van der Waals surface area contributed by atoms with Crippen molar-refractivity contribution in [3.8, 4) is 0 Å². The Morgan fingerprint density at radius 2 is 0.522 bits per heavy atom. The second kappa shape index (κ2) is 49.9. The summed E-state index contributed by atoms with van der Waals surface area (Å²) in [6, 6.07) is 0. The van der Waals surface area contributed by atoms with Gasteiger partial charge in [0.25, 0.3) is 0 Å². The van der Waals surface area contributed by atoms with Crippen molar-refractivity contribution in [2.24, 2.45) is 0 Å². The van der Waals surface area contributed by atoms with Crippen LogP contribution in [0.1, 0.15) is 315 Å². The molecule has 516 valence electrons. The van der Waals surface area contributed by atoms with Crippen LogP contribution >= 0.6 is 58.8 Å². The first-order chi connectivity index (χ1) is 43.1. The maximum atomic E-state index is 11.7. The van der Waals surface area contributed by atoms with Crippen LogP contribution in [-0.4, -0.2) is 75.7 Å². The molecule has 0 saturated carbocycles. The Labute approximate surface area is 572 Å². The smallest absolute Gasteiger partial charge is 0.216 e. The molecule has 0 N–H and O–H groups in total. The van der Waals surface area contributed by atoms with Gasteiger partial charge < -0.3 is 18.9 Å². The Kier molecular flexibility index (Phi) is 47.4. The van der Waals surface area contributed by atoms with Crippen molar-refractivity contribution in [2.75, 3.05) is 26.4 Å². The molecule has 90 heavy (non-hydrogen) atoms. The molecule has 0 amide bonds. The zero-order chi connectivity index (χ0) is 67.2. The van der Waals surface area contributed by atoms with Gasteiger partial charge in [-0.15, -0.1) is 0 Å². The van der Waals surface area contributed by atoms with E-state index in [9.17, 15) is 24.0 Å². The second-order valence-corrected chi connectivity index (χ2v) is 33.4. The molecule has 9 nitrogen and oxygen atoms in total. The van der Waals surface area contributed by atoms with E-state index in [4.69, 9.17) is 18.9 Å². The molecule has 0 saturated heterocycles. The fourth-order valence-electron chi connectivity index (χ4n) is 11.1. The lowest BCUT2D eigenvalue weighted by molar-refractivity contribution is -0.107. The van der Waals surface area contributed by atoms with Crippen molar-refractivity contribution in [2.45, 2.75) is 338 Å². The summed E-state index contributed by atoms with van der Waals surface area (Å²) in [6.45, 7) is 38.0. The summed E-state index contributed by atoms with van der Waals surface area (Å²) in [6.07, 6.45) is 54.5. The third-order valence-electron chi connectivity index (χ3n) is 17.1. The van der Waals surface area contributed by atoms with Crippen LogP contribution in [0.5, 0.6) is 0 Å². The largest absolute Gasteiger partial charge is 0.496 e. The lowest BCUT2D eigenvalue weighted by Gasteiger charge is -2.26. The predicted molar refractivity (Wildman–Crippen MR) is 397 cm³/mol. The van der Waals surface area contributed by atoms with Crippen LogP contribution in [0.4, 0.5) is 0 Å². The quantitative estimate of drug-likeness (QED) is 0.0424. The molecule has 0 radical (unpaired) electrons. The first-order valence-electron chi connectivity index (χ1n) is 35.5. The van der Waals surface area contributed by atoms with Gasteiger partial charge in [-0.1, -0.05) is 318 Å². The maximum Gasteiger partial charge on any atom is 0.216 e. The standard InChI is InChI=1S/C18H32O2S.C16H26O2S.C16H28O2S.C14H22O2S.C12H20OS/c1-4-6-8-9-10-11-13-18(3)16(15-17(19)21-18)20-14-12-7-5-2;1-4-6-7-8-9-10-11-16(3)14(18-12-5-2)13-15(17)19-16;1-4-6-8-9-11-16(3)14(13-15(17)19-16)18-12-10-7-5-2;1-4-6-7-8-9-14(3)12(16-10-5-2)11-13(15)17-14;1-4-5-6-7-8-12(3)10(2)9-11(13)14-12/h15H,4-14H2,1-3H3;5,13H,2,4,6-12H2,1,3H3;13H,4-12H2,1-3H3;5,11H,2,4,6-10H2,1,3H3;9H,4-8H2,1-3H3/t18-;2*16-;14-;12-/m11111/s1. The summed E-state index contributed by atoms with van der Waals surface area (Å²) in [5, 5.41) is 0.785. The Balaban J connectivity index is 0.000000565. The van der Waals surface area contributed by atoms with E-state index in [0.717, 1.165) is 94.0 Å². The highest BCUT2D eigenvalue weighted by Gasteiger charge is 2.42. The van der Waals surface area contributed by atoms with Gasteiger partial charge in [-0.3, -0.25) is 24.0 Å². The normalized spacial score (nSPS) is 23.2. The van der Waals surface area contributed by atoms with E-state index in [-0.39, 0.29) is 49.3 Å². The van der Waals surface area contributed by atoms with Gasteiger partial charge in [0.15, 0.2) is 0 Å². The SMILES string of the molecule is C=CCOC1=CC(=O)S[C@]1(C)CCCCCC.C=CCOC1=CC(=O)S[C@]1(C)CCCCCCCC.CCCCCCCC[C@@]1(C)SC(=O)C=C1OCCCCC.CCCCCC[C@@]1(C)SC(=O)C=C1C.CCCCCC[C@@]1(C)SC(=O)C=C1OCCCCC. The van der Waals surface area contributed by atoms with Gasteiger partial charge in [0, 0.05) is 29.1 Å². The lowest BCUT2D eigenvalue weighted by atomic mass is 9.95. The summed E-state index contributed by atoms with van der Waals surface area (Å²) in [5.41, 5.74) is 1.25. The fourth-order valence-corrected chi connectivity index (χ4v) is 16.6. The van der Waals surface area contributed by atoms with Crippen LogP contribution < -0.4 is 0 Å². The van der Waals surface area contributed by atoms with E-state index < -0.39 is 0 Å². The minimum Gasteiger partial charge on any atom is -0.496 e. The van der Waals surface area contributed by atoms with Crippen LogP contribution in [0.15, 0.2) is 84.3 Å². The number of hydrogen-bond acceptors (Lipinski definition) is 14. The molecule has 0 unspecified atom stereocenters. The number of unbranched alkanes of at least 4 members (excludes halogenated alkanes) is 23. The van der Waals surface area contributed by atoms with Crippen LogP contribution in [0.25, 0.3) is 0 Å². The molecule has 5 aliphatic rings. The van der Waals surface area contributed by atoms with Crippen molar-refractivity contribution < 1.29 is 42.9 Å². The Bertz CT molecular complexity index is 2250. The van der Waals surface area contributed by atoms with E-state index in [2.05, 4.69) is 103 Å². The van der Waals surface area contributed by atoms with E-state index in [1.54, 1.807) is 42.5 Å². The van der Waals surface area contributed by atoms with Crippen LogP contribution in [0, 0.1) is 0 Å². The summed E-state index contributed by atoms with van der Waals surface area (Å²) in [7, 11) is 0. The Hall–Kier alpha value is -2.52. The molecule has 5 heterocycles. The Morgan fingerprint density at radius 3 is 0.778 bits per heavy atom. The first-order valence-corrected chi connectivity index (χ1v) is 39.6. The summed E-state index contributed by atoms with van der Waals surface area (Å²) in [4.78, 5) is 57.7. The zero-order valence-electron chi connectivity index (χ0n) is 59.2. The third kappa shape index (κ3) is 35.3. The molecule has 14 heteroatoms. The lowest BCUT2D eigenvalue weighted by Crippen LogP contribution is -2.22. The monoisotopic (exact) mass is 1340 g/mol. The topological polar surface area (TPSA) is 122 Å². The first kappa shape index (κ1) is 85.5. The van der Waals surface area contributed by atoms with Crippen LogP contribution in [0.2, 0.25) is 0 Å². The molecule has 0 aromatic carbocycles. The van der Waals surface area contributed by atoms with Gasteiger partial charge in [0.2, 0.25) is 25.6 Å². The second-order valence-electron chi connectivity index (χ2n) is 25.9. The van der Waals surface area contributed by atoms with Crippen molar-refractivity contribution >= 4 is 84.4 Å². The number of carbonyl (C=O) groups is 5. The highest BCUT2D eigenvalue weighted by Crippen LogP contribution is 2.48. The minimum atomic E-state index is -0.162. The molecule has 5 rings (SSSR count). The highest BCUT2D eigenvalue weighted by atomic mass is 32.2. The van der Waals surface area contributed by atoms with Gasteiger partial charge in [0.05, 0.1) is 32.2 Å². The molecule has 0 aliphatic carbocycles. The van der Waals surface area contributed by atoms with Crippen molar-refractivity contribution in [3.05, 3.63) is 84.3 Å². The fraction of sp³-hybridized carbons (Fsp3) is 0.750. The molecule has 5 aliphatic heterocycles. The van der Waals surface area contributed by atoms with Crippen molar-refractivity contribution in [1.29, 1.82) is 0 Å². The van der Waals surface area contributed by atoms with Gasteiger partial charge in [-0.25, -0.2) is 0 Å². The van der Waals surface area contributed by atoms with Gasteiger partial charge in [-0.05, 0) is 92.6 Å². The van der Waals surface area contributed by atoms with Gasteiger partial charge in [0.1, 0.15) is 36.3 Å². The number of thioether (sulfide) groups is 5. The molecular formula is C76H128O9S5. The predicted octanol–water partition coefficient (Wildman–Crippen LogP) is 23.8. The van der Waals surface area contributed by atoms with E-state index in [0.29, 0.717) is 13.2 Å². The summed E-state index contributed by atoms with van der Waals surface area (Å²) in [5.74, 6) is 3.48. The average molecular weight is 1350 g/mol. The number of carbonyl (C=O) groups excluding carboxylic acids is 5.